The van der Waals surface area contributed by atoms with Crippen molar-refractivity contribution in [3.8, 4) is 11.6 Å². The number of aromatic nitrogens is 2. The number of rotatable bonds is 5. The number of carbonyl (C=O) groups excluding carboxylic acids is 1. The molecule has 2 N–H and O–H groups in total. The molecule has 1 fully saturated rings. The lowest BCUT2D eigenvalue weighted by atomic mass is 9.89. The molecule has 0 bridgehead atoms. The second kappa shape index (κ2) is 8.76. The van der Waals surface area contributed by atoms with E-state index in [-0.39, 0.29) is 11.8 Å². The number of methoxy groups -OCH3 is 2. The number of ether oxygens (including phenoxy) is 2. The SMILES string of the molecule is COc1cc(C(=O)Nc2nc3c(OC)ccc(C4CCN(C(=O)O)CC4)c3s2)ccn1. The van der Waals surface area contributed by atoms with Gasteiger partial charge in [-0.05, 0) is 36.5 Å². The molecule has 10 heteroatoms. The molecule has 3 heterocycles. The molecule has 1 aromatic carbocycles. The summed E-state index contributed by atoms with van der Waals surface area (Å²) in [6.07, 6.45) is 2.11. The Morgan fingerprint density at radius 2 is 1.97 bits per heavy atom. The summed E-state index contributed by atoms with van der Waals surface area (Å²) < 4.78 is 11.5. The highest BCUT2D eigenvalue weighted by Gasteiger charge is 2.26. The summed E-state index contributed by atoms with van der Waals surface area (Å²) in [4.78, 5) is 33.9. The number of benzene rings is 1. The summed E-state index contributed by atoms with van der Waals surface area (Å²) in [6, 6.07) is 7.05. The number of anilines is 1. The Bertz CT molecular complexity index is 1120. The lowest BCUT2D eigenvalue weighted by molar-refractivity contribution is 0.102. The summed E-state index contributed by atoms with van der Waals surface area (Å²) in [7, 11) is 3.08. The fourth-order valence-electron chi connectivity index (χ4n) is 3.76. The average Bonchev–Trinajstić information content (AvgIpc) is 3.22. The van der Waals surface area contributed by atoms with Crippen LogP contribution in [0.1, 0.15) is 34.7 Å². The van der Waals surface area contributed by atoms with Crippen molar-refractivity contribution < 1.29 is 24.2 Å². The number of amides is 2. The van der Waals surface area contributed by atoms with Crippen LogP contribution in [0, 0.1) is 0 Å². The summed E-state index contributed by atoms with van der Waals surface area (Å²) in [5, 5.41) is 12.5. The maximum absolute atomic E-state index is 12.7. The second-order valence-corrected chi connectivity index (χ2v) is 8.14. The van der Waals surface area contributed by atoms with Crippen LogP contribution in [-0.4, -0.2) is 59.3 Å². The van der Waals surface area contributed by atoms with Gasteiger partial charge in [-0.25, -0.2) is 14.8 Å². The van der Waals surface area contributed by atoms with E-state index in [2.05, 4.69) is 15.3 Å². The number of thiazole rings is 1. The van der Waals surface area contributed by atoms with Crippen LogP contribution in [0.3, 0.4) is 0 Å². The van der Waals surface area contributed by atoms with Gasteiger partial charge in [-0.15, -0.1) is 0 Å². The van der Waals surface area contributed by atoms with E-state index in [9.17, 15) is 14.7 Å². The van der Waals surface area contributed by atoms with E-state index in [0.717, 1.165) is 23.1 Å². The van der Waals surface area contributed by atoms with Crippen LogP contribution < -0.4 is 14.8 Å². The van der Waals surface area contributed by atoms with Crippen LogP contribution in [0.25, 0.3) is 10.2 Å². The maximum atomic E-state index is 12.7. The van der Waals surface area contributed by atoms with Crippen molar-refractivity contribution in [2.45, 2.75) is 18.8 Å². The Kier molecular flexibility index (Phi) is 5.90. The number of fused-ring (bicyclic) bond motifs is 1. The smallest absolute Gasteiger partial charge is 0.407 e. The molecule has 0 atom stereocenters. The molecule has 3 aromatic rings. The first kappa shape index (κ1) is 20.9. The van der Waals surface area contributed by atoms with Gasteiger partial charge in [-0.1, -0.05) is 17.4 Å². The third kappa shape index (κ3) is 4.24. The Labute approximate surface area is 182 Å². The molecule has 0 spiro atoms. The lowest BCUT2D eigenvalue weighted by Gasteiger charge is -2.30. The molecule has 9 nitrogen and oxygen atoms in total. The van der Waals surface area contributed by atoms with Gasteiger partial charge in [-0.3, -0.25) is 10.1 Å². The molecule has 162 valence electrons. The predicted molar refractivity (Wildman–Crippen MR) is 116 cm³/mol. The molecule has 0 aliphatic carbocycles. The molecule has 1 aliphatic heterocycles. The Morgan fingerprint density at radius 1 is 1.19 bits per heavy atom. The first-order valence-electron chi connectivity index (χ1n) is 9.77. The van der Waals surface area contributed by atoms with Gasteiger partial charge in [-0.2, -0.15) is 0 Å². The number of hydrogen-bond acceptors (Lipinski definition) is 7. The van der Waals surface area contributed by atoms with E-state index in [4.69, 9.17) is 9.47 Å². The summed E-state index contributed by atoms with van der Waals surface area (Å²) >= 11 is 1.39. The van der Waals surface area contributed by atoms with Crippen LogP contribution in [0.4, 0.5) is 9.93 Å². The van der Waals surface area contributed by atoms with Gasteiger partial charge in [0.05, 0.1) is 18.9 Å². The van der Waals surface area contributed by atoms with Gasteiger partial charge in [0.2, 0.25) is 5.88 Å². The number of carbonyl (C=O) groups is 2. The van der Waals surface area contributed by atoms with E-state index >= 15 is 0 Å². The fraction of sp³-hybridized carbons (Fsp3) is 0.333. The number of likely N-dealkylation sites (tertiary alicyclic amines) is 1. The van der Waals surface area contributed by atoms with Crippen molar-refractivity contribution in [3.63, 3.8) is 0 Å². The molecule has 31 heavy (non-hydrogen) atoms. The standard InChI is InChI=1S/C21H22N4O5S/c1-29-15-4-3-14(12-6-9-25(10-7-12)21(27)28)18-17(15)23-20(31-18)24-19(26)13-5-8-22-16(11-13)30-2/h3-5,8,11-12H,6-7,9-10H2,1-2H3,(H,27,28)(H,23,24,26). The van der Waals surface area contributed by atoms with Crippen molar-refractivity contribution in [2.75, 3.05) is 32.6 Å². The zero-order chi connectivity index (χ0) is 22.0. The van der Waals surface area contributed by atoms with E-state index in [1.54, 1.807) is 19.2 Å². The minimum atomic E-state index is -0.881. The van der Waals surface area contributed by atoms with Crippen LogP contribution in [0.5, 0.6) is 11.6 Å². The van der Waals surface area contributed by atoms with E-state index in [0.29, 0.717) is 40.9 Å². The summed E-state index contributed by atoms with van der Waals surface area (Å²) in [5.74, 6) is 0.894. The monoisotopic (exact) mass is 442 g/mol. The highest BCUT2D eigenvalue weighted by atomic mass is 32.1. The van der Waals surface area contributed by atoms with Crippen molar-refractivity contribution in [2.24, 2.45) is 0 Å². The van der Waals surface area contributed by atoms with Crippen LogP contribution in [0.15, 0.2) is 30.5 Å². The third-order valence-corrected chi connectivity index (χ3v) is 6.41. The van der Waals surface area contributed by atoms with Crippen molar-refractivity contribution in [1.82, 2.24) is 14.9 Å². The third-order valence-electron chi connectivity index (χ3n) is 5.39. The molecule has 1 aliphatic rings. The Morgan fingerprint density at radius 3 is 2.65 bits per heavy atom. The number of carboxylic acid groups (broad SMARTS) is 1. The quantitative estimate of drug-likeness (QED) is 0.617. The summed E-state index contributed by atoms with van der Waals surface area (Å²) in [6.45, 7) is 1.000. The Hall–Kier alpha value is -3.40. The van der Waals surface area contributed by atoms with Crippen molar-refractivity contribution in [1.29, 1.82) is 0 Å². The topological polar surface area (TPSA) is 114 Å². The molecule has 4 rings (SSSR count). The number of nitrogens with one attached hydrogen (secondary N) is 1. The van der Waals surface area contributed by atoms with Crippen LogP contribution in [-0.2, 0) is 0 Å². The molecule has 0 saturated carbocycles. The largest absolute Gasteiger partial charge is 0.494 e. The van der Waals surface area contributed by atoms with Gasteiger partial charge in [0.15, 0.2) is 5.13 Å². The lowest BCUT2D eigenvalue weighted by Crippen LogP contribution is -2.36. The molecule has 0 unspecified atom stereocenters. The minimum absolute atomic E-state index is 0.220. The molecule has 2 aromatic heterocycles. The first-order valence-corrected chi connectivity index (χ1v) is 10.6. The number of pyridine rings is 1. The first-order chi connectivity index (χ1) is 15.0. The zero-order valence-corrected chi connectivity index (χ0v) is 17.9. The van der Waals surface area contributed by atoms with Gasteiger partial charge < -0.3 is 19.5 Å². The highest BCUT2D eigenvalue weighted by molar-refractivity contribution is 7.22. The van der Waals surface area contributed by atoms with E-state index in [1.807, 2.05) is 12.1 Å². The van der Waals surface area contributed by atoms with Gasteiger partial charge in [0.1, 0.15) is 11.3 Å². The number of nitrogens with zero attached hydrogens (tertiary/aromatic N) is 3. The number of hydrogen-bond donors (Lipinski definition) is 2. The molecule has 0 radical (unpaired) electrons. The van der Waals surface area contributed by atoms with Crippen molar-refractivity contribution >= 4 is 38.7 Å². The molecular formula is C21H22N4O5S. The van der Waals surface area contributed by atoms with Gasteiger partial charge in [0, 0.05) is 30.9 Å². The Balaban J connectivity index is 1.62. The van der Waals surface area contributed by atoms with Crippen LogP contribution >= 0.6 is 11.3 Å². The second-order valence-electron chi connectivity index (χ2n) is 7.14. The maximum Gasteiger partial charge on any atom is 0.407 e. The molecular weight excluding hydrogens is 420 g/mol. The predicted octanol–water partition coefficient (Wildman–Crippen LogP) is 3.82. The minimum Gasteiger partial charge on any atom is -0.494 e. The van der Waals surface area contributed by atoms with Gasteiger partial charge in [0.25, 0.3) is 5.91 Å². The van der Waals surface area contributed by atoms with Gasteiger partial charge >= 0.3 is 6.09 Å². The van der Waals surface area contributed by atoms with Crippen molar-refractivity contribution in [3.05, 3.63) is 41.6 Å². The van der Waals surface area contributed by atoms with E-state index < -0.39 is 6.09 Å². The summed E-state index contributed by atoms with van der Waals surface area (Å²) in [5.41, 5.74) is 2.21. The fourth-order valence-corrected chi connectivity index (χ4v) is 4.83. The molecule has 1 saturated heterocycles. The average molecular weight is 442 g/mol. The normalized spacial score (nSPS) is 14.5. The highest BCUT2D eigenvalue weighted by Crippen LogP contribution is 2.41. The number of piperidine rings is 1. The molecule has 2 amide bonds. The van der Waals surface area contributed by atoms with Crippen LogP contribution in [0.2, 0.25) is 0 Å². The zero-order valence-electron chi connectivity index (χ0n) is 17.1. The van der Waals surface area contributed by atoms with E-state index in [1.165, 1.54) is 29.5 Å².